The smallest absolute Gasteiger partial charge is 0.275 e. The van der Waals surface area contributed by atoms with Crippen molar-refractivity contribution in [2.24, 2.45) is 0 Å². The van der Waals surface area contributed by atoms with Crippen LogP contribution in [0.15, 0.2) is 47.8 Å². The minimum absolute atomic E-state index is 0.153. The van der Waals surface area contributed by atoms with Crippen molar-refractivity contribution >= 4 is 22.0 Å². The zero-order valence-electron chi connectivity index (χ0n) is 13.5. The molecule has 3 heterocycles. The number of nitrogens with zero attached hydrogens (tertiary/aromatic N) is 6. The molecular formula is C16H15N7OS. The van der Waals surface area contributed by atoms with Crippen LogP contribution in [0.2, 0.25) is 0 Å². The van der Waals surface area contributed by atoms with Crippen molar-refractivity contribution in [2.75, 3.05) is 5.32 Å². The maximum Gasteiger partial charge on any atom is 0.275 e. The normalized spacial score (nSPS) is 11.1. The number of anilines is 1. The second kappa shape index (κ2) is 6.44. The first kappa shape index (κ1) is 15.5. The van der Waals surface area contributed by atoms with Gasteiger partial charge in [0.25, 0.3) is 5.56 Å². The van der Waals surface area contributed by atoms with Gasteiger partial charge < -0.3 is 5.32 Å². The van der Waals surface area contributed by atoms with Crippen molar-refractivity contribution in [3.05, 3.63) is 64.0 Å². The van der Waals surface area contributed by atoms with E-state index in [9.17, 15) is 4.79 Å². The largest absolute Gasteiger partial charge is 0.379 e. The summed E-state index contributed by atoms with van der Waals surface area (Å²) in [6.07, 6.45) is 3.93. The number of aromatic nitrogens is 6. The first-order valence-electron chi connectivity index (χ1n) is 7.80. The van der Waals surface area contributed by atoms with Crippen LogP contribution in [0.1, 0.15) is 17.6 Å². The predicted octanol–water partition coefficient (Wildman–Crippen LogP) is 1.91. The zero-order chi connectivity index (χ0) is 17.2. The quantitative estimate of drug-likeness (QED) is 0.589. The molecule has 4 aromatic rings. The van der Waals surface area contributed by atoms with Gasteiger partial charge in [0.1, 0.15) is 17.7 Å². The topological polar surface area (TPSA) is 90.0 Å². The summed E-state index contributed by atoms with van der Waals surface area (Å²) in [5.41, 5.74) is 2.40. The lowest BCUT2D eigenvalue weighted by atomic mass is 10.2. The van der Waals surface area contributed by atoms with Gasteiger partial charge >= 0.3 is 0 Å². The predicted molar refractivity (Wildman–Crippen MR) is 95.2 cm³/mol. The van der Waals surface area contributed by atoms with Gasteiger partial charge in [-0.1, -0.05) is 18.3 Å². The average Bonchev–Trinajstić information content (AvgIpc) is 3.30. The number of aryl methyl sites for hydroxylation is 1. The van der Waals surface area contributed by atoms with Gasteiger partial charge in [0.2, 0.25) is 4.96 Å². The molecular weight excluding hydrogens is 338 g/mol. The molecule has 0 bridgehead atoms. The lowest BCUT2D eigenvalue weighted by Crippen LogP contribution is -2.16. The first-order chi connectivity index (χ1) is 12.2. The summed E-state index contributed by atoms with van der Waals surface area (Å²) in [6.45, 7) is 2.47. The lowest BCUT2D eigenvalue weighted by Gasteiger charge is -2.07. The Morgan fingerprint density at radius 3 is 2.80 bits per heavy atom. The highest BCUT2D eigenvalue weighted by Gasteiger charge is 2.08. The average molecular weight is 353 g/mol. The Morgan fingerprint density at radius 1 is 1.24 bits per heavy atom. The highest BCUT2D eigenvalue weighted by molar-refractivity contribution is 7.16. The molecule has 1 aromatic carbocycles. The molecule has 8 nitrogen and oxygen atoms in total. The summed E-state index contributed by atoms with van der Waals surface area (Å²) in [5.74, 6) is 0. The van der Waals surface area contributed by atoms with Gasteiger partial charge in [0, 0.05) is 11.8 Å². The van der Waals surface area contributed by atoms with E-state index >= 15 is 0 Å². The van der Waals surface area contributed by atoms with Gasteiger partial charge in [-0.3, -0.25) is 4.79 Å². The Bertz CT molecular complexity index is 1050. The van der Waals surface area contributed by atoms with Crippen LogP contribution in [-0.2, 0) is 13.0 Å². The second-order valence-electron chi connectivity index (χ2n) is 5.37. The van der Waals surface area contributed by atoms with Crippen molar-refractivity contribution in [1.29, 1.82) is 0 Å². The molecule has 126 valence electrons. The van der Waals surface area contributed by atoms with Gasteiger partial charge in [-0.25, -0.2) is 14.6 Å². The Kier molecular flexibility index (Phi) is 3.98. The lowest BCUT2D eigenvalue weighted by molar-refractivity contribution is 0.846. The molecule has 0 amide bonds. The molecule has 9 heteroatoms. The van der Waals surface area contributed by atoms with Crippen molar-refractivity contribution in [1.82, 2.24) is 29.4 Å². The van der Waals surface area contributed by atoms with E-state index < -0.39 is 0 Å². The highest BCUT2D eigenvalue weighted by atomic mass is 32.1. The molecule has 0 atom stereocenters. The van der Waals surface area contributed by atoms with E-state index in [2.05, 4.69) is 25.5 Å². The van der Waals surface area contributed by atoms with Crippen LogP contribution in [0.4, 0.5) is 5.69 Å². The molecule has 25 heavy (non-hydrogen) atoms. The fourth-order valence-corrected chi connectivity index (χ4v) is 3.25. The Balaban J connectivity index is 1.51. The summed E-state index contributed by atoms with van der Waals surface area (Å²) in [4.78, 5) is 21.2. The molecule has 4 rings (SSSR count). The summed E-state index contributed by atoms with van der Waals surface area (Å²) in [7, 11) is 0. The van der Waals surface area contributed by atoms with Crippen LogP contribution in [0.25, 0.3) is 10.6 Å². The number of hydrogen-bond donors (Lipinski definition) is 1. The van der Waals surface area contributed by atoms with E-state index in [0.29, 0.717) is 17.2 Å². The van der Waals surface area contributed by atoms with E-state index in [1.807, 2.05) is 31.2 Å². The number of hydrogen-bond acceptors (Lipinski definition) is 7. The molecule has 0 saturated heterocycles. The second-order valence-corrected chi connectivity index (χ2v) is 6.41. The van der Waals surface area contributed by atoms with Crippen molar-refractivity contribution in [3.63, 3.8) is 0 Å². The first-order valence-corrected chi connectivity index (χ1v) is 8.62. The van der Waals surface area contributed by atoms with Gasteiger partial charge in [0.15, 0.2) is 0 Å². The Labute approximate surface area is 146 Å². The third-order valence-corrected chi connectivity index (χ3v) is 4.72. The summed E-state index contributed by atoms with van der Waals surface area (Å²) >= 11 is 1.45. The Hall–Kier alpha value is -3.07. The molecule has 0 unspecified atom stereocenters. The SMILES string of the molecule is CCc1nn2c(=O)cc(CNc3ccc(-n4cncn4)cc3)nc2s1. The number of rotatable bonds is 5. The van der Waals surface area contributed by atoms with Gasteiger partial charge in [-0.15, -0.1) is 0 Å². The summed E-state index contributed by atoms with van der Waals surface area (Å²) in [5, 5.41) is 12.5. The molecule has 0 spiro atoms. The van der Waals surface area contributed by atoms with Gasteiger partial charge in [0.05, 0.1) is 17.9 Å². The Morgan fingerprint density at radius 2 is 2.08 bits per heavy atom. The summed E-state index contributed by atoms with van der Waals surface area (Å²) < 4.78 is 3.05. The molecule has 0 aliphatic heterocycles. The van der Waals surface area contributed by atoms with Crippen LogP contribution in [-0.4, -0.2) is 29.4 Å². The highest BCUT2D eigenvalue weighted by Crippen LogP contribution is 2.14. The molecule has 0 radical (unpaired) electrons. The molecule has 0 fully saturated rings. The minimum Gasteiger partial charge on any atom is -0.379 e. The molecule has 0 aliphatic rings. The van der Waals surface area contributed by atoms with Gasteiger partial charge in [-0.05, 0) is 30.7 Å². The van der Waals surface area contributed by atoms with Crippen LogP contribution in [0.5, 0.6) is 0 Å². The fourth-order valence-electron chi connectivity index (χ4n) is 2.40. The fraction of sp³-hybridized carbons (Fsp3) is 0.188. The van der Waals surface area contributed by atoms with Crippen molar-refractivity contribution in [2.45, 2.75) is 19.9 Å². The van der Waals surface area contributed by atoms with E-state index in [1.54, 1.807) is 11.0 Å². The molecule has 0 saturated carbocycles. The maximum absolute atomic E-state index is 12.1. The van der Waals surface area contributed by atoms with Crippen LogP contribution < -0.4 is 10.9 Å². The standard InChI is InChI=1S/C16H15N7OS/c1-2-14-21-23-15(24)7-12(20-16(23)25-14)8-18-11-3-5-13(6-4-11)22-10-17-9-19-22/h3-7,9-10,18H,2,8H2,1H3. The van der Waals surface area contributed by atoms with Crippen molar-refractivity contribution < 1.29 is 0 Å². The monoisotopic (exact) mass is 353 g/mol. The van der Waals surface area contributed by atoms with E-state index in [4.69, 9.17) is 0 Å². The maximum atomic E-state index is 12.1. The van der Waals surface area contributed by atoms with Crippen molar-refractivity contribution in [3.8, 4) is 5.69 Å². The number of benzene rings is 1. The molecule has 1 N–H and O–H groups in total. The third kappa shape index (κ3) is 3.13. The third-order valence-electron chi connectivity index (χ3n) is 3.67. The summed E-state index contributed by atoms with van der Waals surface area (Å²) in [6, 6.07) is 9.30. The minimum atomic E-state index is -0.153. The zero-order valence-corrected chi connectivity index (χ0v) is 14.3. The van der Waals surface area contributed by atoms with Crippen LogP contribution >= 0.6 is 11.3 Å². The van der Waals surface area contributed by atoms with E-state index in [0.717, 1.165) is 22.8 Å². The van der Waals surface area contributed by atoms with E-state index in [-0.39, 0.29) is 5.56 Å². The van der Waals surface area contributed by atoms with Gasteiger partial charge in [-0.2, -0.15) is 14.7 Å². The van der Waals surface area contributed by atoms with Crippen LogP contribution in [0.3, 0.4) is 0 Å². The molecule has 3 aromatic heterocycles. The molecule has 0 aliphatic carbocycles. The van der Waals surface area contributed by atoms with Crippen LogP contribution in [0, 0.1) is 0 Å². The number of fused-ring (bicyclic) bond motifs is 1. The van der Waals surface area contributed by atoms with E-state index in [1.165, 1.54) is 28.2 Å². The number of nitrogens with one attached hydrogen (secondary N) is 1.